The molecule has 0 aliphatic rings. The first-order chi connectivity index (χ1) is 20.3. The lowest BCUT2D eigenvalue weighted by atomic mass is 10.00. The summed E-state index contributed by atoms with van der Waals surface area (Å²) in [5.74, 6) is -47.1. The van der Waals surface area contributed by atoms with Gasteiger partial charge in [0.25, 0.3) is 15.7 Å². The van der Waals surface area contributed by atoms with E-state index in [4.69, 9.17) is 11.6 Å². The molecule has 0 amide bonds. The highest BCUT2D eigenvalue weighted by atomic mass is 35.5. The molecule has 46 heavy (non-hydrogen) atoms. The van der Waals surface area contributed by atoms with E-state index in [1.54, 1.807) is 0 Å². The van der Waals surface area contributed by atoms with Gasteiger partial charge in [-0.05, 0) is 65.5 Å². The summed E-state index contributed by atoms with van der Waals surface area (Å²) in [5, 5.41) is -9.92. The van der Waals surface area contributed by atoms with Crippen LogP contribution < -0.4 is 0 Å². The Kier molecular flexibility index (Phi) is 16.8. The van der Waals surface area contributed by atoms with Crippen LogP contribution in [0.2, 0.25) is 0 Å². The molecule has 1 aromatic carbocycles. The van der Waals surface area contributed by atoms with Crippen molar-refractivity contribution in [2.75, 3.05) is 12.4 Å². The molecular weight excluding hydrogens is 788 g/mol. The fourth-order valence-corrected chi connectivity index (χ4v) is 3.12. The number of ether oxygens (including phenoxy) is 1. The van der Waals surface area contributed by atoms with Crippen molar-refractivity contribution in [1.29, 1.82) is 0 Å². The van der Waals surface area contributed by atoms with Crippen LogP contribution in [0.5, 0.6) is 0 Å². The standard InChI is InChI=1S/C8H7ClOS.C7H5ClF6O3.C6Cl2F8O2/c9-8(10)6-11-7-4-2-1-3-5-7;1-2-17-4(16)6(11,12)7(13,14)5(9,10)3(8)15;7-1(17)3(9,10)5(13,14)6(15,16)4(11,12)2(8)18/h1-5H,6H2;2H2,1H3;. The Hall–Kier alpha value is -2.10. The molecule has 264 valence electrons. The maximum atomic E-state index is 12.7. The van der Waals surface area contributed by atoms with Crippen LogP contribution in [0, 0.1) is 0 Å². The van der Waals surface area contributed by atoms with Gasteiger partial charge in [0.1, 0.15) is 0 Å². The molecule has 6 nitrogen and oxygen atoms in total. The van der Waals surface area contributed by atoms with Crippen LogP contribution in [-0.2, 0) is 28.7 Å². The minimum Gasteiger partial charge on any atom is -0.461 e. The molecule has 0 bridgehead atoms. The number of hydrogen-bond donors (Lipinski definition) is 0. The molecule has 1 rings (SSSR count). The first kappa shape index (κ1) is 46.0. The molecular formula is C21H12Cl4F14O6S. The molecule has 0 atom stereocenters. The third kappa shape index (κ3) is 10.2. The van der Waals surface area contributed by atoms with E-state index in [1.807, 2.05) is 30.3 Å². The van der Waals surface area contributed by atoms with E-state index < -0.39 is 69.8 Å². The van der Waals surface area contributed by atoms with Gasteiger partial charge in [-0.25, -0.2) is 4.79 Å². The van der Waals surface area contributed by atoms with Gasteiger partial charge in [-0.1, -0.05) is 18.2 Å². The first-order valence-corrected chi connectivity index (χ1v) is 13.1. The van der Waals surface area contributed by atoms with Gasteiger partial charge in [-0.15, -0.1) is 11.8 Å². The van der Waals surface area contributed by atoms with Crippen molar-refractivity contribution < 1.29 is 90.2 Å². The Morgan fingerprint density at radius 2 is 0.913 bits per heavy atom. The van der Waals surface area contributed by atoms with Gasteiger partial charge in [-0.3, -0.25) is 19.2 Å². The fraction of sp³-hybridized carbons (Fsp3) is 0.476. The van der Waals surface area contributed by atoms with E-state index in [1.165, 1.54) is 11.8 Å². The number of esters is 1. The van der Waals surface area contributed by atoms with E-state index in [2.05, 4.69) is 39.5 Å². The van der Waals surface area contributed by atoms with E-state index in [0.29, 0.717) is 5.75 Å². The van der Waals surface area contributed by atoms with Crippen LogP contribution in [0.3, 0.4) is 0 Å². The monoisotopic (exact) mass is 798 g/mol. The summed E-state index contributed by atoms with van der Waals surface area (Å²) in [7, 11) is 0. The first-order valence-electron chi connectivity index (χ1n) is 10.6. The zero-order chi connectivity index (χ0) is 37.3. The molecule has 1 aromatic rings. The minimum atomic E-state index is -6.92. The Balaban J connectivity index is 0. The zero-order valence-electron chi connectivity index (χ0n) is 21.5. The molecule has 0 N–H and O–H groups in total. The number of alkyl halides is 14. The smallest absolute Gasteiger partial charge is 0.411 e. The van der Waals surface area contributed by atoms with Gasteiger partial charge in [-0.2, -0.15) is 61.5 Å². The van der Waals surface area contributed by atoms with Gasteiger partial charge in [0.05, 0.1) is 12.4 Å². The van der Waals surface area contributed by atoms with E-state index in [9.17, 15) is 85.4 Å². The molecule has 0 spiro atoms. The van der Waals surface area contributed by atoms with Crippen LogP contribution in [0.1, 0.15) is 6.92 Å². The molecule has 0 heterocycles. The SMILES string of the molecule is CCOC(=O)C(F)(F)C(F)(F)C(F)(F)C(=O)Cl.O=C(Cl)C(F)(F)C(F)(F)C(F)(F)C(F)(F)C(=O)Cl.O=C(Cl)CSc1ccccc1. The number of halogens is 18. The normalized spacial score (nSPS) is 12.9. The molecule has 0 aliphatic heterocycles. The summed E-state index contributed by atoms with van der Waals surface area (Å²) in [6.45, 7) is 0.266. The number of hydrogen-bond acceptors (Lipinski definition) is 7. The average Bonchev–Trinajstić information content (AvgIpc) is 2.92. The molecule has 0 aliphatic carbocycles. The highest BCUT2D eigenvalue weighted by Gasteiger charge is 2.84. The predicted octanol–water partition coefficient (Wildman–Crippen LogP) is 7.82. The number of thioether (sulfide) groups is 1. The van der Waals surface area contributed by atoms with E-state index >= 15 is 0 Å². The van der Waals surface area contributed by atoms with Crippen molar-refractivity contribution in [3.63, 3.8) is 0 Å². The second-order valence-corrected chi connectivity index (χ2v) is 10.0. The average molecular weight is 800 g/mol. The zero-order valence-corrected chi connectivity index (χ0v) is 25.3. The summed E-state index contributed by atoms with van der Waals surface area (Å²) in [5.41, 5.74) is 0. The van der Waals surface area contributed by atoms with Gasteiger partial charge in [0, 0.05) is 4.90 Å². The number of carbonyl (C=O) groups excluding carboxylic acids is 5. The summed E-state index contributed by atoms with van der Waals surface area (Å²) >= 11 is 18.6. The van der Waals surface area contributed by atoms with Crippen molar-refractivity contribution >= 4 is 85.1 Å². The molecule has 0 saturated heterocycles. The summed E-state index contributed by atoms with van der Waals surface area (Å²) < 4.78 is 179. The van der Waals surface area contributed by atoms with Crippen LogP contribution in [0.15, 0.2) is 35.2 Å². The molecule has 25 heteroatoms. The highest BCUT2D eigenvalue weighted by Crippen LogP contribution is 2.53. The summed E-state index contributed by atoms with van der Waals surface area (Å²) in [6.07, 6.45) is 0. The van der Waals surface area contributed by atoms with E-state index in [0.717, 1.165) is 11.8 Å². The molecule has 0 aromatic heterocycles. The Labute approximate surface area is 270 Å². The Morgan fingerprint density at radius 3 is 1.20 bits per heavy atom. The maximum Gasteiger partial charge on any atom is 0.411 e. The fourth-order valence-electron chi connectivity index (χ4n) is 1.97. The predicted molar refractivity (Wildman–Crippen MR) is 132 cm³/mol. The maximum absolute atomic E-state index is 12.7. The van der Waals surface area contributed by atoms with Gasteiger partial charge >= 0.3 is 47.4 Å². The quantitative estimate of drug-likeness (QED) is 0.0870. The van der Waals surface area contributed by atoms with Crippen molar-refractivity contribution in [3.8, 4) is 0 Å². The lowest BCUT2D eigenvalue weighted by molar-refractivity contribution is -0.343. The molecule has 0 unspecified atom stereocenters. The van der Waals surface area contributed by atoms with Crippen molar-refractivity contribution in [2.24, 2.45) is 0 Å². The molecule has 0 fully saturated rings. The second-order valence-electron chi connectivity index (χ2n) is 7.52. The minimum absolute atomic E-state index is 0.307. The molecule has 0 saturated carbocycles. The topological polar surface area (TPSA) is 94.6 Å². The number of benzene rings is 1. The third-order valence-electron chi connectivity index (χ3n) is 4.34. The lowest BCUT2D eigenvalue weighted by Gasteiger charge is -2.33. The lowest BCUT2D eigenvalue weighted by Crippen LogP contribution is -2.65. The van der Waals surface area contributed by atoms with Crippen molar-refractivity contribution in [1.82, 2.24) is 0 Å². The summed E-state index contributed by atoms with van der Waals surface area (Å²) in [6, 6.07) is 9.70. The van der Waals surface area contributed by atoms with Gasteiger partial charge < -0.3 is 4.74 Å². The van der Waals surface area contributed by atoms with E-state index in [-0.39, 0.29) is 5.24 Å². The van der Waals surface area contributed by atoms with Crippen LogP contribution in [0.4, 0.5) is 61.5 Å². The molecule has 0 radical (unpaired) electrons. The Morgan fingerprint density at radius 1 is 0.587 bits per heavy atom. The second kappa shape index (κ2) is 16.8. The van der Waals surface area contributed by atoms with Crippen LogP contribution in [0.25, 0.3) is 0 Å². The number of rotatable bonds is 13. The van der Waals surface area contributed by atoms with Crippen molar-refractivity contribution in [3.05, 3.63) is 30.3 Å². The largest absolute Gasteiger partial charge is 0.461 e. The van der Waals surface area contributed by atoms with Gasteiger partial charge in [0.15, 0.2) is 0 Å². The highest BCUT2D eigenvalue weighted by molar-refractivity contribution is 8.00. The van der Waals surface area contributed by atoms with Gasteiger partial charge in [0.2, 0.25) is 5.24 Å². The van der Waals surface area contributed by atoms with Crippen LogP contribution in [-0.4, -0.2) is 80.8 Å². The Bertz CT molecular complexity index is 1220. The van der Waals surface area contributed by atoms with Crippen molar-refractivity contribution in [2.45, 2.75) is 53.3 Å². The van der Waals surface area contributed by atoms with Crippen LogP contribution >= 0.6 is 58.2 Å². The third-order valence-corrected chi connectivity index (χ3v) is 6.36. The summed E-state index contributed by atoms with van der Waals surface area (Å²) in [4.78, 5) is 51.7. The number of carbonyl (C=O) groups is 5.